The van der Waals surface area contributed by atoms with Gasteiger partial charge in [-0.1, -0.05) is 51.8 Å². The Morgan fingerprint density at radius 1 is 1.14 bits per heavy atom. The number of hydrogen-bond acceptors (Lipinski definition) is 3. The number of hydrogen-bond donors (Lipinski definition) is 2. The molecule has 0 heterocycles. The van der Waals surface area contributed by atoms with Gasteiger partial charge >= 0.3 is 0 Å². The lowest BCUT2D eigenvalue weighted by Crippen LogP contribution is -2.33. The van der Waals surface area contributed by atoms with Gasteiger partial charge in [-0.25, -0.2) is 13.1 Å². The van der Waals surface area contributed by atoms with E-state index in [2.05, 4.69) is 17.0 Å². The van der Waals surface area contributed by atoms with Gasteiger partial charge in [-0.15, -0.1) is 0 Å². The van der Waals surface area contributed by atoms with Crippen molar-refractivity contribution in [1.29, 1.82) is 0 Å². The second-order valence-electron chi connectivity index (χ2n) is 5.81. The minimum absolute atomic E-state index is 0.0407. The highest BCUT2D eigenvalue weighted by molar-refractivity contribution is 7.89. The standard InChI is InChI=1S/C16H28N2O2S/c1-5-6-9-14(4)18-21(19,20)16-11-8-7-10-15(16)12-17-13(2)3/h7-8,10-11,13-14,17-18H,5-6,9,12H2,1-4H3. The summed E-state index contributed by atoms with van der Waals surface area (Å²) >= 11 is 0. The summed E-state index contributed by atoms with van der Waals surface area (Å²) in [6, 6.07) is 7.45. The first-order valence-corrected chi connectivity index (χ1v) is 9.18. The van der Waals surface area contributed by atoms with Crippen molar-refractivity contribution in [3.05, 3.63) is 29.8 Å². The van der Waals surface area contributed by atoms with Crippen molar-refractivity contribution in [2.75, 3.05) is 0 Å². The van der Waals surface area contributed by atoms with E-state index >= 15 is 0 Å². The summed E-state index contributed by atoms with van der Waals surface area (Å²) in [5.74, 6) is 0. The fraction of sp³-hybridized carbons (Fsp3) is 0.625. The number of nitrogens with one attached hydrogen (secondary N) is 2. The first-order valence-electron chi connectivity index (χ1n) is 7.70. The maximum Gasteiger partial charge on any atom is 0.241 e. The summed E-state index contributed by atoms with van der Waals surface area (Å²) < 4.78 is 27.8. The zero-order chi connectivity index (χ0) is 15.9. The van der Waals surface area contributed by atoms with Crippen molar-refractivity contribution in [3.8, 4) is 0 Å². The normalized spacial score (nSPS) is 13.6. The minimum atomic E-state index is -3.46. The molecule has 1 aromatic rings. The van der Waals surface area contributed by atoms with Crippen LogP contribution in [0.3, 0.4) is 0 Å². The Hall–Kier alpha value is -0.910. The van der Waals surface area contributed by atoms with Crippen LogP contribution in [-0.4, -0.2) is 20.5 Å². The topological polar surface area (TPSA) is 58.2 Å². The molecule has 0 aliphatic heterocycles. The molecule has 1 aromatic carbocycles. The van der Waals surface area contributed by atoms with Crippen molar-refractivity contribution >= 4 is 10.0 Å². The van der Waals surface area contributed by atoms with Gasteiger partial charge in [-0.2, -0.15) is 0 Å². The van der Waals surface area contributed by atoms with Crippen molar-refractivity contribution in [3.63, 3.8) is 0 Å². The van der Waals surface area contributed by atoms with Gasteiger partial charge in [-0.3, -0.25) is 0 Å². The van der Waals surface area contributed by atoms with E-state index in [-0.39, 0.29) is 6.04 Å². The van der Waals surface area contributed by atoms with E-state index in [1.165, 1.54) is 0 Å². The molecule has 0 saturated carbocycles. The molecule has 0 bridgehead atoms. The van der Waals surface area contributed by atoms with Crippen LogP contribution >= 0.6 is 0 Å². The molecule has 0 fully saturated rings. The van der Waals surface area contributed by atoms with E-state index in [0.717, 1.165) is 24.8 Å². The third-order valence-electron chi connectivity index (χ3n) is 3.31. The largest absolute Gasteiger partial charge is 0.310 e. The second kappa shape index (κ2) is 8.51. The van der Waals surface area contributed by atoms with Crippen LogP contribution in [0.25, 0.3) is 0 Å². The molecule has 5 heteroatoms. The second-order valence-corrected chi connectivity index (χ2v) is 7.49. The average Bonchev–Trinajstić information content (AvgIpc) is 2.42. The Balaban J connectivity index is 2.87. The highest BCUT2D eigenvalue weighted by Crippen LogP contribution is 2.16. The quantitative estimate of drug-likeness (QED) is 0.737. The lowest BCUT2D eigenvalue weighted by molar-refractivity contribution is 0.531. The SMILES string of the molecule is CCCCC(C)NS(=O)(=O)c1ccccc1CNC(C)C. The zero-order valence-electron chi connectivity index (χ0n) is 13.5. The van der Waals surface area contributed by atoms with E-state index < -0.39 is 10.0 Å². The third-order valence-corrected chi connectivity index (χ3v) is 5.00. The van der Waals surface area contributed by atoms with E-state index in [1.54, 1.807) is 12.1 Å². The molecule has 0 amide bonds. The van der Waals surface area contributed by atoms with Crippen molar-refractivity contribution in [2.45, 2.75) is 70.5 Å². The number of sulfonamides is 1. The van der Waals surface area contributed by atoms with Gasteiger partial charge in [0.05, 0.1) is 4.90 Å². The van der Waals surface area contributed by atoms with Crippen molar-refractivity contribution in [2.24, 2.45) is 0 Å². The van der Waals surface area contributed by atoms with Crippen molar-refractivity contribution < 1.29 is 8.42 Å². The summed E-state index contributed by atoms with van der Waals surface area (Å²) in [4.78, 5) is 0.376. The smallest absolute Gasteiger partial charge is 0.241 e. The first kappa shape index (κ1) is 18.1. The first-order chi connectivity index (χ1) is 9.86. The summed E-state index contributed by atoms with van der Waals surface area (Å²) in [6.07, 6.45) is 2.96. The predicted molar refractivity (Wildman–Crippen MR) is 87.7 cm³/mol. The summed E-state index contributed by atoms with van der Waals surface area (Å²) in [6.45, 7) is 8.67. The summed E-state index contributed by atoms with van der Waals surface area (Å²) in [5, 5.41) is 3.27. The number of benzene rings is 1. The van der Waals surface area contributed by atoms with Crippen LogP contribution in [0.1, 0.15) is 52.5 Å². The van der Waals surface area contributed by atoms with Gasteiger partial charge in [0, 0.05) is 18.6 Å². The van der Waals surface area contributed by atoms with Gasteiger partial charge in [0.2, 0.25) is 10.0 Å². The molecule has 0 aliphatic carbocycles. The van der Waals surface area contributed by atoms with E-state index in [4.69, 9.17) is 0 Å². The zero-order valence-corrected chi connectivity index (χ0v) is 14.3. The Morgan fingerprint density at radius 2 is 1.81 bits per heavy atom. The van der Waals surface area contributed by atoms with Gasteiger partial charge in [0.1, 0.15) is 0 Å². The summed E-state index contributed by atoms with van der Waals surface area (Å²) in [5.41, 5.74) is 0.807. The monoisotopic (exact) mass is 312 g/mol. The number of rotatable bonds is 9. The van der Waals surface area contributed by atoms with Crippen LogP contribution in [0.2, 0.25) is 0 Å². The molecule has 1 atom stereocenters. The predicted octanol–water partition coefficient (Wildman–Crippen LogP) is 3.04. The molecule has 1 rings (SSSR count). The molecular weight excluding hydrogens is 284 g/mol. The van der Waals surface area contributed by atoms with Crippen LogP contribution in [0.15, 0.2) is 29.2 Å². The average molecular weight is 312 g/mol. The van der Waals surface area contributed by atoms with E-state index in [9.17, 15) is 8.42 Å². The molecule has 120 valence electrons. The Bertz CT molecular complexity index is 527. The Kier molecular flexibility index (Phi) is 7.35. The van der Waals surface area contributed by atoms with Gasteiger partial charge in [-0.05, 0) is 25.0 Å². The molecular formula is C16H28N2O2S. The van der Waals surface area contributed by atoms with Crippen LogP contribution in [0, 0.1) is 0 Å². The maximum atomic E-state index is 12.5. The molecule has 2 N–H and O–H groups in total. The molecule has 0 radical (unpaired) electrons. The van der Waals surface area contributed by atoms with Crippen molar-refractivity contribution in [1.82, 2.24) is 10.0 Å². The minimum Gasteiger partial charge on any atom is -0.310 e. The third kappa shape index (κ3) is 6.16. The van der Waals surface area contributed by atoms with Gasteiger partial charge in [0.25, 0.3) is 0 Å². The van der Waals surface area contributed by atoms with E-state index in [0.29, 0.717) is 17.5 Å². The Labute approximate surface area is 129 Å². The molecule has 0 aliphatic rings. The molecule has 1 unspecified atom stereocenters. The highest BCUT2D eigenvalue weighted by atomic mass is 32.2. The van der Waals surface area contributed by atoms with Gasteiger partial charge in [0.15, 0.2) is 0 Å². The molecule has 0 saturated heterocycles. The molecule has 4 nitrogen and oxygen atoms in total. The maximum absolute atomic E-state index is 12.5. The van der Waals surface area contributed by atoms with E-state index in [1.807, 2.05) is 32.9 Å². The number of unbranched alkanes of at least 4 members (excludes halogenated alkanes) is 1. The summed E-state index contributed by atoms with van der Waals surface area (Å²) in [7, 11) is -3.46. The van der Waals surface area contributed by atoms with Crippen LogP contribution in [0.5, 0.6) is 0 Å². The van der Waals surface area contributed by atoms with Gasteiger partial charge < -0.3 is 5.32 Å². The fourth-order valence-electron chi connectivity index (χ4n) is 2.12. The molecule has 21 heavy (non-hydrogen) atoms. The lowest BCUT2D eigenvalue weighted by Gasteiger charge is -2.17. The van der Waals surface area contributed by atoms with Crippen LogP contribution in [-0.2, 0) is 16.6 Å². The molecule has 0 spiro atoms. The highest BCUT2D eigenvalue weighted by Gasteiger charge is 2.20. The van der Waals surface area contributed by atoms with Crippen LogP contribution < -0.4 is 10.0 Å². The Morgan fingerprint density at radius 3 is 2.43 bits per heavy atom. The lowest BCUT2D eigenvalue weighted by atomic mass is 10.2. The van der Waals surface area contributed by atoms with Crippen LogP contribution in [0.4, 0.5) is 0 Å². The fourth-order valence-corrected chi connectivity index (χ4v) is 3.64. The molecule has 0 aromatic heterocycles.